The normalized spacial score (nSPS) is 12.2. The summed E-state index contributed by atoms with van der Waals surface area (Å²) in [4.78, 5) is 38.3. The van der Waals surface area contributed by atoms with E-state index in [2.05, 4.69) is 57.2 Å². The average molecular weight is 1030 g/mol. The number of ether oxygens (including phenoxy) is 3. The van der Waals surface area contributed by atoms with Gasteiger partial charge in [0, 0.05) is 19.3 Å². The van der Waals surface area contributed by atoms with Crippen molar-refractivity contribution in [3.8, 4) is 0 Å². The van der Waals surface area contributed by atoms with E-state index in [9.17, 15) is 14.4 Å². The minimum Gasteiger partial charge on any atom is -0.462 e. The van der Waals surface area contributed by atoms with Crippen molar-refractivity contribution in [3.63, 3.8) is 0 Å². The van der Waals surface area contributed by atoms with E-state index >= 15 is 0 Å². The molecule has 0 spiro atoms. The van der Waals surface area contributed by atoms with Crippen LogP contribution in [0.3, 0.4) is 0 Å². The van der Waals surface area contributed by atoms with Gasteiger partial charge in [0.2, 0.25) is 0 Å². The van der Waals surface area contributed by atoms with Crippen molar-refractivity contribution in [1.82, 2.24) is 0 Å². The molecule has 0 bridgehead atoms. The predicted octanol–water partition coefficient (Wildman–Crippen LogP) is 22.0. The van der Waals surface area contributed by atoms with Gasteiger partial charge in [0.15, 0.2) is 6.10 Å². The largest absolute Gasteiger partial charge is 0.462 e. The topological polar surface area (TPSA) is 78.9 Å². The second-order valence-corrected chi connectivity index (χ2v) is 22.0. The monoisotopic (exact) mass is 1020 g/mol. The van der Waals surface area contributed by atoms with E-state index in [1.54, 1.807) is 0 Å². The summed E-state index contributed by atoms with van der Waals surface area (Å²) in [6.45, 7) is 6.66. The number of carbonyl (C=O) groups is 3. The standard InChI is InChI=1S/C67H124O6/c1-4-7-10-13-16-19-22-25-28-30-32-33-35-36-39-42-45-48-51-54-57-60-66(69)72-63-64(62-71-65(68)59-56-53-50-47-44-41-38-27-24-21-18-15-12-9-6-3)73-67(70)61-58-55-52-49-46-43-40-37-34-31-29-26-23-20-17-14-11-8-5-2/h17,20-21,24,26,29,64H,4-16,18-19,22-23,25,27-28,30-63H2,1-3H3/b20-17-,24-21-,29-26-/t64-/m1/s1. The lowest BCUT2D eigenvalue weighted by molar-refractivity contribution is -0.167. The Balaban J connectivity index is 4.31. The van der Waals surface area contributed by atoms with Gasteiger partial charge in [0.25, 0.3) is 0 Å². The zero-order valence-electron chi connectivity index (χ0n) is 49.2. The highest BCUT2D eigenvalue weighted by Gasteiger charge is 2.19. The Labute approximate surface area is 455 Å². The molecule has 6 heteroatoms. The third-order valence-corrected chi connectivity index (χ3v) is 14.6. The van der Waals surface area contributed by atoms with Gasteiger partial charge < -0.3 is 14.2 Å². The lowest BCUT2D eigenvalue weighted by Gasteiger charge is -2.18. The van der Waals surface area contributed by atoms with Crippen molar-refractivity contribution in [2.24, 2.45) is 0 Å². The van der Waals surface area contributed by atoms with Crippen LogP contribution >= 0.6 is 0 Å². The van der Waals surface area contributed by atoms with Gasteiger partial charge >= 0.3 is 17.9 Å². The molecule has 0 aliphatic rings. The van der Waals surface area contributed by atoms with Gasteiger partial charge in [-0.15, -0.1) is 0 Å². The van der Waals surface area contributed by atoms with Crippen LogP contribution in [0, 0.1) is 0 Å². The maximum absolute atomic E-state index is 12.9. The molecule has 1 atom stereocenters. The van der Waals surface area contributed by atoms with Crippen molar-refractivity contribution in [2.45, 2.75) is 361 Å². The van der Waals surface area contributed by atoms with Gasteiger partial charge in [0.1, 0.15) is 13.2 Å². The summed E-state index contributed by atoms with van der Waals surface area (Å²) in [7, 11) is 0. The van der Waals surface area contributed by atoms with Crippen LogP contribution in [0.4, 0.5) is 0 Å². The minimum atomic E-state index is -0.774. The van der Waals surface area contributed by atoms with Crippen molar-refractivity contribution in [3.05, 3.63) is 36.5 Å². The van der Waals surface area contributed by atoms with E-state index in [0.717, 1.165) is 64.2 Å². The summed E-state index contributed by atoms with van der Waals surface area (Å²) < 4.78 is 17.0. The number of unbranched alkanes of at least 4 members (excludes halogenated alkanes) is 43. The summed E-state index contributed by atoms with van der Waals surface area (Å²) in [6, 6.07) is 0. The number of allylic oxidation sites excluding steroid dienone is 6. The zero-order chi connectivity index (χ0) is 52.9. The number of hydrogen-bond donors (Lipinski definition) is 0. The highest BCUT2D eigenvalue weighted by molar-refractivity contribution is 5.71. The van der Waals surface area contributed by atoms with Crippen LogP contribution in [0.25, 0.3) is 0 Å². The van der Waals surface area contributed by atoms with Gasteiger partial charge in [-0.1, -0.05) is 295 Å². The number of rotatable bonds is 60. The van der Waals surface area contributed by atoms with E-state index in [1.165, 1.54) is 250 Å². The molecule has 0 aromatic rings. The molecule has 0 heterocycles. The highest BCUT2D eigenvalue weighted by atomic mass is 16.6. The summed E-state index contributed by atoms with van der Waals surface area (Å²) in [5.41, 5.74) is 0. The lowest BCUT2D eigenvalue weighted by atomic mass is 10.0. The van der Waals surface area contributed by atoms with Gasteiger partial charge in [-0.3, -0.25) is 14.4 Å². The van der Waals surface area contributed by atoms with Crippen LogP contribution in [-0.4, -0.2) is 37.2 Å². The number of carbonyl (C=O) groups excluding carboxylic acids is 3. The molecule has 6 nitrogen and oxygen atoms in total. The third kappa shape index (κ3) is 60.4. The molecule has 73 heavy (non-hydrogen) atoms. The number of hydrogen-bond acceptors (Lipinski definition) is 6. The van der Waals surface area contributed by atoms with E-state index in [-0.39, 0.29) is 31.1 Å². The zero-order valence-corrected chi connectivity index (χ0v) is 49.2. The second kappa shape index (κ2) is 62.2. The van der Waals surface area contributed by atoms with E-state index in [0.29, 0.717) is 19.3 Å². The first-order chi connectivity index (χ1) is 36.0. The van der Waals surface area contributed by atoms with Crippen molar-refractivity contribution >= 4 is 17.9 Å². The Bertz CT molecular complexity index is 1220. The van der Waals surface area contributed by atoms with Crippen molar-refractivity contribution in [1.29, 1.82) is 0 Å². The molecular weight excluding hydrogens is 901 g/mol. The second-order valence-electron chi connectivity index (χ2n) is 22.0. The molecular formula is C67H124O6. The maximum Gasteiger partial charge on any atom is 0.306 e. The molecule has 0 N–H and O–H groups in total. The summed E-state index contributed by atoms with van der Waals surface area (Å²) >= 11 is 0. The van der Waals surface area contributed by atoms with Crippen LogP contribution in [0.15, 0.2) is 36.5 Å². The Hall–Kier alpha value is -2.37. The lowest BCUT2D eigenvalue weighted by Crippen LogP contribution is -2.30. The van der Waals surface area contributed by atoms with Gasteiger partial charge in [-0.05, 0) is 77.0 Å². The Morgan fingerprint density at radius 3 is 0.808 bits per heavy atom. The fourth-order valence-electron chi connectivity index (χ4n) is 9.71. The number of esters is 3. The van der Waals surface area contributed by atoms with Gasteiger partial charge in [-0.25, -0.2) is 0 Å². The van der Waals surface area contributed by atoms with Crippen molar-refractivity contribution < 1.29 is 28.6 Å². The van der Waals surface area contributed by atoms with E-state index < -0.39 is 6.10 Å². The van der Waals surface area contributed by atoms with Crippen LogP contribution in [0.5, 0.6) is 0 Å². The fourth-order valence-corrected chi connectivity index (χ4v) is 9.71. The molecule has 0 fully saturated rings. The van der Waals surface area contributed by atoms with E-state index in [1.807, 2.05) is 0 Å². The molecule has 0 aromatic carbocycles. The molecule has 0 amide bonds. The molecule has 0 saturated heterocycles. The molecule has 0 unspecified atom stereocenters. The Kier molecular flexibility index (Phi) is 60.2. The Morgan fingerprint density at radius 2 is 0.493 bits per heavy atom. The third-order valence-electron chi connectivity index (χ3n) is 14.6. The van der Waals surface area contributed by atoms with Crippen LogP contribution in [0.2, 0.25) is 0 Å². The quantitative estimate of drug-likeness (QED) is 0.0261. The molecule has 428 valence electrons. The first-order valence-electron chi connectivity index (χ1n) is 32.5. The SMILES string of the molecule is CCCCC/C=C\C/C=C\CCCCCCCCCCCC(=O)O[C@H](COC(=O)CCCCCCCCC/C=C\CCCCCC)COC(=O)CCCCCCCCCCCCCCCCCCCCCCC. The first kappa shape index (κ1) is 70.6. The maximum atomic E-state index is 12.9. The molecule has 0 radical (unpaired) electrons. The smallest absolute Gasteiger partial charge is 0.306 e. The first-order valence-corrected chi connectivity index (χ1v) is 32.5. The highest BCUT2D eigenvalue weighted by Crippen LogP contribution is 2.18. The summed E-state index contributed by atoms with van der Waals surface area (Å²) in [5, 5.41) is 0. The summed E-state index contributed by atoms with van der Waals surface area (Å²) in [5.74, 6) is -0.855. The van der Waals surface area contributed by atoms with Crippen molar-refractivity contribution in [2.75, 3.05) is 13.2 Å². The average Bonchev–Trinajstić information content (AvgIpc) is 3.39. The van der Waals surface area contributed by atoms with Crippen LogP contribution < -0.4 is 0 Å². The molecule has 0 aliphatic heterocycles. The predicted molar refractivity (Wildman–Crippen MR) is 316 cm³/mol. The van der Waals surface area contributed by atoms with Gasteiger partial charge in [0.05, 0.1) is 0 Å². The van der Waals surface area contributed by atoms with Crippen LogP contribution in [-0.2, 0) is 28.6 Å². The fraction of sp³-hybridized carbons (Fsp3) is 0.866. The molecule has 0 aromatic heterocycles. The molecule has 0 rings (SSSR count). The van der Waals surface area contributed by atoms with Crippen LogP contribution in [0.1, 0.15) is 355 Å². The van der Waals surface area contributed by atoms with E-state index in [4.69, 9.17) is 14.2 Å². The minimum absolute atomic E-state index is 0.0708. The molecule has 0 aliphatic carbocycles. The Morgan fingerprint density at radius 1 is 0.274 bits per heavy atom. The van der Waals surface area contributed by atoms with Gasteiger partial charge in [-0.2, -0.15) is 0 Å². The molecule has 0 saturated carbocycles. The summed E-state index contributed by atoms with van der Waals surface area (Å²) in [6.07, 6.45) is 75.7.